The Morgan fingerprint density at radius 3 is 2.04 bits per heavy atom. The fraction of sp³-hybridized carbons (Fsp3) is 0.400. The Bertz CT molecular complexity index is 631. The SMILES string of the molecule is CC1CCN(CCN2c3ccccc3Sc3ccccc32)CC1. The van der Waals surface area contributed by atoms with Gasteiger partial charge in [-0.3, -0.25) is 0 Å². The number of hydrogen-bond donors (Lipinski definition) is 0. The third kappa shape index (κ3) is 3.13. The number of anilines is 2. The normalized spacial score (nSPS) is 18.6. The van der Waals surface area contributed by atoms with Gasteiger partial charge in [-0.1, -0.05) is 43.0 Å². The van der Waals surface area contributed by atoms with Crippen LogP contribution in [-0.2, 0) is 0 Å². The summed E-state index contributed by atoms with van der Waals surface area (Å²) >= 11 is 1.89. The second kappa shape index (κ2) is 6.58. The summed E-state index contributed by atoms with van der Waals surface area (Å²) in [4.78, 5) is 7.89. The maximum Gasteiger partial charge on any atom is 0.0553 e. The van der Waals surface area contributed by atoms with Crippen LogP contribution in [0.4, 0.5) is 11.4 Å². The zero-order chi connectivity index (χ0) is 15.6. The number of nitrogens with zero attached hydrogens (tertiary/aromatic N) is 2. The van der Waals surface area contributed by atoms with Crippen LogP contribution in [0.5, 0.6) is 0 Å². The first-order chi connectivity index (χ1) is 11.3. The summed E-state index contributed by atoms with van der Waals surface area (Å²) in [5, 5.41) is 0. The zero-order valence-corrected chi connectivity index (χ0v) is 14.6. The predicted octanol–water partition coefficient (Wildman–Crippen LogP) is 5.02. The quantitative estimate of drug-likeness (QED) is 0.782. The molecule has 0 bridgehead atoms. The molecule has 2 aromatic rings. The molecule has 0 N–H and O–H groups in total. The van der Waals surface area contributed by atoms with E-state index in [0.717, 1.165) is 19.0 Å². The Morgan fingerprint density at radius 2 is 1.43 bits per heavy atom. The van der Waals surface area contributed by atoms with Crippen molar-refractivity contribution in [2.24, 2.45) is 5.92 Å². The lowest BCUT2D eigenvalue weighted by Gasteiger charge is -2.36. The molecule has 0 radical (unpaired) electrons. The molecule has 2 heterocycles. The van der Waals surface area contributed by atoms with Gasteiger partial charge in [0.2, 0.25) is 0 Å². The molecule has 2 aliphatic rings. The van der Waals surface area contributed by atoms with Crippen molar-refractivity contribution < 1.29 is 0 Å². The monoisotopic (exact) mass is 324 g/mol. The average molecular weight is 324 g/mol. The van der Waals surface area contributed by atoms with Gasteiger partial charge in [0.15, 0.2) is 0 Å². The fourth-order valence-electron chi connectivity index (χ4n) is 3.55. The molecule has 0 spiro atoms. The lowest BCUT2D eigenvalue weighted by atomic mass is 9.99. The minimum Gasteiger partial charge on any atom is -0.338 e. The van der Waals surface area contributed by atoms with Gasteiger partial charge >= 0.3 is 0 Å². The van der Waals surface area contributed by atoms with Crippen molar-refractivity contribution in [3.05, 3.63) is 48.5 Å². The molecule has 0 amide bonds. The van der Waals surface area contributed by atoms with E-state index in [1.54, 1.807) is 0 Å². The molecule has 0 unspecified atom stereocenters. The molecule has 4 rings (SSSR count). The first kappa shape index (κ1) is 15.1. The van der Waals surface area contributed by atoms with Crippen LogP contribution in [0.15, 0.2) is 58.3 Å². The van der Waals surface area contributed by atoms with E-state index in [1.165, 1.54) is 47.1 Å². The second-order valence-corrected chi connectivity index (χ2v) is 7.80. The highest BCUT2D eigenvalue weighted by Crippen LogP contribution is 2.47. The van der Waals surface area contributed by atoms with Crippen LogP contribution in [0.3, 0.4) is 0 Å². The van der Waals surface area contributed by atoms with E-state index in [9.17, 15) is 0 Å². The number of hydrogen-bond acceptors (Lipinski definition) is 3. The van der Waals surface area contributed by atoms with E-state index in [4.69, 9.17) is 0 Å². The van der Waals surface area contributed by atoms with E-state index in [-0.39, 0.29) is 0 Å². The van der Waals surface area contributed by atoms with E-state index in [1.807, 2.05) is 11.8 Å². The minimum atomic E-state index is 0.902. The van der Waals surface area contributed by atoms with Gasteiger partial charge < -0.3 is 9.80 Å². The van der Waals surface area contributed by atoms with Gasteiger partial charge in [-0.05, 0) is 56.1 Å². The standard InChI is InChI=1S/C20H24N2S/c1-16-10-12-21(13-11-16)14-15-22-17-6-2-4-8-19(17)23-20-9-5-3-7-18(20)22/h2-9,16H,10-15H2,1H3. The van der Waals surface area contributed by atoms with E-state index >= 15 is 0 Å². The van der Waals surface area contributed by atoms with Gasteiger partial charge in [0.1, 0.15) is 0 Å². The van der Waals surface area contributed by atoms with Gasteiger partial charge in [0, 0.05) is 22.9 Å². The van der Waals surface area contributed by atoms with Crippen LogP contribution >= 0.6 is 11.8 Å². The number of para-hydroxylation sites is 2. The van der Waals surface area contributed by atoms with E-state index < -0.39 is 0 Å². The van der Waals surface area contributed by atoms with Gasteiger partial charge in [-0.25, -0.2) is 0 Å². The van der Waals surface area contributed by atoms with Crippen LogP contribution in [-0.4, -0.2) is 31.1 Å². The second-order valence-electron chi connectivity index (χ2n) is 6.71. The minimum absolute atomic E-state index is 0.902. The number of benzene rings is 2. The molecule has 2 aromatic carbocycles. The third-order valence-corrected chi connectivity index (χ3v) is 6.18. The molecule has 0 saturated carbocycles. The predicted molar refractivity (Wildman–Crippen MR) is 98.9 cm³/mol. The maximum absolute atomic E-state index is 2.63. The average Bonchev–Trinajstić information content (AvgIpc) is 2.60. The molecule has 2 nitrogen and oxygen atoms in total. The highest BCUT2D eigenvalue weighted by atomic mass is 32.2. The van der Waals surface area contributed by atoms with Crippen LogP contribution in [0.1, 0.15) is 19.8 Å². The number of fused-ring (bicyclic) bond motifs is 2. The molecule has 0 aromatic heterocycles. The highest BCUT2D eigenvalue weighted by molar-refractivity contribution is 7.99. The molecule has 2 aliphatic heterocycles. The number of piperidine rings is 1. The van der Waals surface area contributed by atoms with Crippen LogP contribution in [0.2, 0.25) is 0 Å². The first-order valence-electron chi connectivity index (χ1n) is 8.67. The highest BCUT2D eigenvalue weighted by Gasteiger charge is 2.23. The number of likely N-dealkylation sites (tertiary alicyclic amines) is 1. The van der Waals surface area contributed by atoms with Gasteiger partial charge in [0.25, 0.3) is 0 Å². The molecule has 0 atom stereocenters. The molecular weight excluding hydrogens is 300 g/mol. The topological polar surface area (TPSA) is 6.48 Å². The largest absolute Gasteiger partial charge is 0.338 e. The molecule has 120 valence electrons. The van der Waals surface area contributed by atoms with Crippen molar-refractivity contribution in [3.8, 4) is 0 Å². The van der Waals surface area contributed by atoms with Crippen LogP contribution in [0, 0.1) is 5.92 Å². The molecule has 0 aliphatic carbocycles. The smallest absolute Gasteiger partial charge is 0.0553 e. The Morgan fingerprint density at radius 1 is 0.870 bits per heavy atom. The van der Waals surface area contributed by atoms with Crippen molar-refractivity contribution in [3.63, 3.8) is 0 Å². The summed E-state index contributed by atoms with van der Waals surface area (Å²) in [6.07, 6.45) is 2.70. The van der Waals surface area contributed by atoms with Crippen molar-refractivity contribution in [1.82, 2.24) is 4.90 Å². The summed E-state index contributed by atoms with van der Waals surface area (Å²) in [5.41, 5.74) is 2.73. The third-order valence-electron chi connectivity index (χ3n) is 5.05. The van der Waals surface area contributed by atoms with Crippen LogP contribution < -0.4 is 4.90 Å². The summed E-state index contributed by atoms with van der Waals surface area (Å²) in [7, 11) is 0. The molecule has 1 saturated heterocycles. The molecule has 23 heavy (non-hydrogen) atoms. The molecule has 3 heteroatoms. The lowest BCUT2D eigenvalue weighted by Crippen LogP contribution is -2.38. The van der Waals surface area contributed by atoms with Crippen molar-refractivity contribution >= 4 is 23.1 Å². The summed E-state index contributed by atoms with van der Waals surface area (Å²) in [6.45, 7) is 7.12. The lowest BCUT2D eigenvalue weighted by molar-refractivity contribution is 0.197. The fourth-order valence-corrected chi connectivity index (χ4v) is 4.64. The Hall–Kier alpha value is -1.45. The molecular formula is C20H24N2S. The van der Waals surface area contributed by atoms with Gasteiger partial charge in [-0.2, -0.15) is 0 Å². The van der Waals surface area contributed by atoms with Crippen molar-refractivity contribution in [2.45, 2.75) is 29.6 Å². The Kier molecular flexibility index (Phi) is 4.32. The number of rotatable bonds is 3. The summed E-state index contributed by atoms with van der Waals surface area (Å²) < 4.78 is 0. The van der Waals surface area contributed by atoms with Gasteiger partial charge in [0.05, 0.1) is 11.4 Å². The van der Waals surface area contributed by atoms with Crippen LogP contribution in [0.25, 0.3) is 0 Å². The Balaban J connectivity index is 1.55. The first-order valence-corrected chi connectivity index (χ1v) is 9.49. The van der Waals surface area contributed by atoms with E-state index in [2.05, 4.69) is 65.3 Å². The summed E-state index contributed by atoms with van der Waals surface area (Å²) in [6, 6.07) is 17.6. The maximum atomic E-state index is 2.63. The van der Waals surface area contributed by atoms with E-state index in [0.29, 0.717) is 0 Å². The van der Waals surface area contributed by atoms with Gasteiger partial charge in [-0.15, -0.1) is 0 Å². The summed E-state index contributed by atoms with van der Waals surface area (Å²) in [5.74, 6) is 0.902. The Labute approximate surface area is 143 Å². The van der Waals surface area contributed by atoms with Crippen molar-refractivity contribution in [1.29, 1.82) is 0 Å². The zero-order valence-electron chi connectivity index (χ0n) is 13.7. The van der Waals surface area contributed by atoms with Crippen molar-refractivity contribution in [2.75, 3.05) is 31.1 Å². The molecule has 1 fully saturated rings.